The second-order valence-electron chi connectivity index (χ2n) is 13.5. The van der Waals surface area contributed by atoms with Crippen molar-refractivity contribution in [3.63, 3.8) is 0 Å². The SMILES string of the molecule is CC/C=C\C/C=C\C/C=C\CCCCCCOCC(COC(=O)CCCCCCC/C=C\C/C=C\CCC)OC(=O)CCCCCCCCC. The molecule has 0 radical (unpaired) electrons. The molecular formula is C45H78O5. The van der Waals surface area contributed by atoms with Gasteiger partial charge in [-0.2, -0.15) is 0 Å². The van der Waals surface area contributed by atoms with Gasteiger partial charge in [-0.1, -0.05) is 159 Å². The predicted octanol–water partition coefficient (Wildman–Crippen LogP) is 13.4. The van der Waals surface area contributed by atoms with Gasteiger partial charge in [0.15, 0.2) is 6.10 Å². The molecule has 50 heavy (non-hydrogen) atoms. The van der Waals surface area contributed by atoms with Crippen molar-refractivity contribution >= 4 is 11.9 Å². The summed E-state index contributed by atoms with van der Waals surface area (Å²) >= 11 is 0. The Morgan fingerprint density at radius 1 is 0.460 bits per heavy atom. The summed E-state index contributed by atoms with van der Waals surface area (Å²) in [5, 5.41) is 0. The molecule has 0 heterocycles. The second kappa shape index (κ2) is 41.0. The maximum absolute atomic E-state index is 12.6. The molecule has 5 heteroatoms. The first-order valence-corrected chi connectivity index (χ1v) is 20.8. The van der Waals surface area contributed by atoms with Crippen LogP contribution in [0.4, 0.5) is 0 Å². The first kappa shape index (κ1) is 47.6. The van der Waals surface area contributed by atoms with Crippen molar-refractivity contribution in [3.05, 3.63) is 60.8 Å². The Morgan fingerprint density at radius 3 is 1.52 bits per heavy atom. The number of ether oxygens (including phenoxy) is 3. The fraction of sp³-hybridized carbons (Fsp3) is 0.733. The summed E-state index contributed by atoms with van der Waals surface area (Å²) in [7, 11) is 0. The lowest BCUT2D eigenvalue weighted by Gasteiger charge is -2.18. The van der Waals surface area contributed by atoms with E-state index in [2.05, 4.69) is 81.5 Å². The van der Waals surface area contributed by atoms with Crippen molar-refractivity contribution in [2.24, 2.45) is 0 Å². The molecule has 0 N–H and O–H groups in total. The van der Waals surface area contributed by atoms with Crippen LogP contribution in [-0.2, 0) is 23.8 Å². The van der Waals surface area contributed by atoms with Crippen LogP contribution in [0.25, 0.3) is 0 Å². The van der Waals surface area contributed by atoms with E-state index in [1.165, 1.54) is 64.2 Å². The summed E-state index contributed by atoms with van der Waals surface area (Å²) in [6.07, 6.45) is 49.4. The van der Waals surface area contributed by atoms with Gasteiger partial charge >= 0.3 is 11.9 Å². The number of esters is 2. The van der Waals surface area contributed by atoms with Gasteiger partial charge in [-0.3, -0.25) is 9.59 Å². The lowest BCUT2D eigenvalue weighted by molar-refractivity contribution is -0.163. The molecule has 0 amide bonds. The minimum absolute atomic E-state index is 0.0680. The Bertz CT molecular complexity index is 884. The molecule has 1 atom stereocenters. The molecule has 5 nitrogen and oxygen atoms in total. The molecule has 0 fully saturated rings. The van der Waals surface area contributed by atoms with Gasteiger partial charge < -0.3 is 14.2 Å². The maximum Gasteiger partial charge on any atom is 0.306 e. The van der Waals surface area contributed by atoms with Gasteiger partial charge in [-0.25, -0.2) is 0 Å². The number of carbonyl (C=O) groups is 2. The molecular weight excluding hydrogens is 620 g/mol. The molecule has 0 aliphatic rings. The van der Waals surface area contributed by atoms with Crippen LogP contribution < -0.4 is 0 Å². The van der Waals surface area contributed by atoms with E-state index in [1.54, 1.807) is 0 Å². The monoisotopic (exact) mass is 699 g/mol. The molecule has 1 unspecified atom stereocenters. The van der Waals surface area contributed by atoms with Crippen LogP contribution in [0.1, 0.15) is 188 Å². The average Bonchev–Trinajstić information content (AvgIpc) is 3.11. The van der Waals surface area contributed by atoms with E-state index in [-0.39, 0.29) is 25.2 Å². The molecule has 0 saturated heterocycles. The fourth-order valence-corrected chi connectivity index (χ4v) is 5.44. The topological polar surface area (TPSA) is 61.8 Å². The molecule has 0 bridgehead atoms. The van der Waals surface area contributed by atoms with Gasteiger partial charge in [0.25, 0.3) is 0 Å². The number of rotatable bonds is 37. The Kier molecular flexibility index (Phi) is 39.1. The fourth-order valence-electron chi connectivity index (χ4n) is 5.44. The third-order valence-electron chi connectivity index (χ3n) is 8.52. The Hall–Kier alpha value is -2.40. The Morgan fingerprint density at radius 2 is 0.940 bits per heavy atom. The molecule has 0 saturated carbocycles. The summed E-state index contributed by atoms with van der Waals surface area (Å²) in [5.41, 5.74) is 0. The molecule has 0 aliphatic carbocycles. The summed E-state index contributed by atoms with van der Waals surface area (Å²) in [4.78, 5) is 25.0. The smallest absolute Gasteiger partial charge is 0.306 e. The van der Waals surface area contributed by atoms with Crippen molar-refractivity contribution < 1.29 is 23.8 Å². The highest BCUT2D eigenvalue weighted by Gasteiger charge is 2.17. The van der Waals surface area contributed by atoms with Gasteiger partial charge in [-0.15, -0.1) is 0 Å². The first-order valence-electron chi connectivity index (χ1n) is 20.8. The highest BCUT2D eigenvalue weighted by atomic mass is 16.6. The third kappa shape index (κ3) is 38.4. The van der Waals surface area contributed by atoms with Gasteiger partial charge in [0.2, 0.25) is 0 Å². The first-order chi connectivity index (χ1) is 24.6. The van der Waals surface area contributed by atoms with E-state index in [1.807, 2.05) is 0 Å². The second-order valence-corrected chi connectivity index (χ2v) is 13.5. The lowest BCUT2D eigenvalue weighted by Crippen LogP contribution is -2.30. The molecule has 0 aliphatic heterocycles. The minimum Gasteiger partial charge on any atom is -0.462 e. The Labute approximate surface area is 309 Å². The summed E-state index contributed by atoms with van der Waals surface area (Å²) in [6, 6.07) is 0. The van der Waals surface area contributed by atoms with Crippen molar-refractivity contribution in [3.8, 4) is 0 Å². The van der Waals surface area contributed by atoms with Gasteiger partial charge in [0.1, 0.15) is 6.61 Å². The quantitative estimate of drug-likeness (QED) is 0.0367. The molecule has 0 aromatic carbocycles. The van der Waals surface area contributed by atoms with Crippen LogP contribution in [0.15, 0.2) is 60.8 Å². The van der Waals surface area contributed by atoms with Crippen molar-refractivity contribution in [1.29, 1.82) is 0 Å². The highest BCUT2D eigenvalue weighted by molar-refractivity contribution is 5.70. The van der Waals surface area contributed by atoms with E-state index in [0.29, 0.717) is 19.4 Å². The van der Waals surface area contributed by atoms with Crippen LogP contribution in [-0.4, -0.2) is 37.9 Å². The zero-order valence-corrected chi connectivity index (χ0v) is 32.9. The summed E-state index contributed by atoms with van der Waals surface area (Å²) < 4.78 is 17.2. The highest BCUT2D eigenvalue weighted by Crippen LogP contribution is 2.12. The number of unbranched alkanes of at least 4 members (excludes halogenated alkanes) is 16. The summed E-state index contributed by atoms with van der Waals surface area (Å²) in [6.45, 7) is 7.54. The molecule has 288 valence electrons. The number of allylic oxidation sites excluding steroid dienone is 10. The van der Waals surface area contributed by atoms with Gasteiger partial charge in [0, 0.05) is 19.4 Å². The summed E-state index contributed by atoms with van der Waals surface area (Å²) in [5.74, 6) is -0.436. The average molecular weight is 699 g/mol. The van der Waals surface area contributed by atoms with Crippen molar-refractivity contribution in [1.82, 2.24) is 0 Å². The molecule has 0 aromatic rings. The number of carbonyl (C=O) groups excluding carboxylic acids is 2. The van der Waals surface area contributed by atoms with Crippen LogP contribution >= 0.6 is 0 Å². The lowest BCUT2D eigenvalue weighted by atomic mass is 10.1. The molecule has 0 spiro atoms. The van der Waals surface area contributed by atoms with Crippen LogP contribution in [0, 0.1) is 0 Å². The molecule has 0 rings (SSSR count). The van der Waals surface area contributed by atoms with E-state index >= 15 is 0 Å². The van der Waals surface area contributed by atoms with Crippen LogP contribution in [0.2, 0.25) is 0 Å². The normalized spacial score (nSPS) is 12.8. The number of hydrogen-bond donors (Lipinski definition) is 0. The standard InChI is InChI=1S/C45H78O5/c1-4-7-10-13-16-18-20-22-24-26-28-31-34-37-40-48-41-43(50-45(47)39-36-33-29-15-12-9-6-3)42-49-44(46)38-35-32-30-27-25-23-21-19-17-14-11-8-5-2/h7,10-11,14,16,18-19,21-22,24,43H,4-6,8-9,12-13,15,17,20,23,25-42H2,1-3H3/b10-7-,14-11-,18-16-,21-19-,24-22-. The number of hydrogen-bond acceptors (Lipinski definition) is 5. The third-order valence-corrected chi connectivity index (χ3v) is 8.52. The van der Waals surface area contributed by atoms with Gasteiger partial charge in [0.05, 0.1) is 6.61 Å². The van der Waals surface area contributed by atoms with E-state index in [9.17, 15) is 9.59 Å². The maximum atomic E-state index is 12.6. The minimum atomic E-state index is -0.548. The largest absolute Gasteiger partial charge is 0.462 e. The van der Waals surface area contributed by atoms with Crippen molar-refractivity contribution in [2.75, 3.05) is 19.8 Å². The zero-order chi connectivity index (χ0) is 36.4. The van der Waals surface area contributed by atoms with E-state index in [0.717, 1.165) is 89.9 Å². The van der Waals surface area contributed by atoms with Gasteiger partial charge in [-0.05, 0) is 77.0 Å². The zero-order valence-electron chi connectivity index (χ0n) is 32.9. The predicted molar refractivity (Wildman–Crippen MR) is 214 cm³/mol. The Balaban J connectivity index is 4.25. The van der Waals surface area contributed by atoms with E-state index in [4.69, 9.17) is 14.2 Å². The van der Waals surface area contributed by atoms with E-state index < -0.39 is 6.10 Å². The molecule has 0 aromatic heterocycles. The van der Waals surface area contributed by atoms with Crippen LogP contribution in [0.3, 0.4) is 0 Å². The van der Waals surface area contributed by atoms with Crippen molar-refractivity contribution in [2.45, 2.75) is 194 Å². The van der Waals surface area contributed by atoms with Crippen LogP contribution in [0.5, 0.6) is 0 Å².